The Morgan fingerprint density at radius 3 is 2.45 bits per heavy atom. The topological polar surface area (TPSA) is 82.9 Å². The van der Waals surface area contributed by atoms with Gasteiger partial charge in [0.15, 0.2) is 0 Å². The minimum atomic E-state index is -4.75. The minimum absolute atomic E-state index is 0.325. The molecule has 150 valence electrons. The molecule has 0 spiro atoms. The van der Waals surface area contributed by atoms with Gasteiger partial charge in [-0.05, 0) is 42.0 Å². The average Bonchev–Trinajstić information content (AvgIpc) is 2.67. The third kappa shape index (κ3) is 5.92. The lowest BCUT2D eigenvalue weighted by Gasteiger charge is -2.14. The van der Waals surface area contributed by atoms with Gasteiger partial charge in [0.2, 0.25) is 0 Å². The van der Waals surface area contributed by atoms with Crippen molar-refractivity contribution >= 4 is 39.5 Å². The SMILES string of the molecule is N=Cc1c(NCc2cccc(Br)c2)ncnc1Nc1ccc(OC(F)(F)F)cc1. The molecule has 3 rings (SSSR count). The number of hydrogen-bond acceptors (Lipinski definition) is 6. The van der Waals surface area contributed by atoms with E-state index in [1.807, 2.05) is 24.3 Å². The van der Waals surface area contributed by atoms with Crippen LogP contribution in [0, 0.1) is 5.41 Å². The van der Waals surface area contributed by atoms with E-state index >= 15 is 0 Å². The molecule has 1 heterocycles. The number of anilines is 3. The maximum atomic E-state index is 12.3. The van der Waals surface area contributed by atoms with Crippen LogP contribution in [0.15, 0.2) is 59.3 Å². The summed E-state index contributed by atoms with van der Waals surface area (Å²) in [6.07, 6.45) is -2.31. The van der Waals surface area contributed by atoms with Crippen molar-refractivity contribution in [1.82, 2.24) is 9.97 Å². The molecule has 0 radical (unpaired) electrons. The van der Waals surface area contributed by atoms with E-state index in [1.54, 1.807) is 0 Å². The number of ether oxygens (including phenoxy) is 1. The smallest absolute Gasteiger partial charge is 0.406 e. The predicted octanol–water partition coefficient (Wildman–Crippen LogP) is 5.49. The second-order valence-electron chi connectivity index (χ2n) is 5.81. The summed E-state index contributed by atoms with van der Waals surface area (Å²) in [6.45, 7) is 0.486. The third-order valence-electron chi connectivity index (χ3n) is 3.73. The highest BCUT2D eigenvalue weighted by Crippen LogP contribution is 2.26. The molecule has 29 heavy (non-hydrogen) atoms. The molecule has 2 aromatic carbocycles. The van der Waals surface area contributed by atoms with E-state index in [0.717, 1.165) is 16.3 Å². The highest BCUT2D eigenvalue weighted by atomic mass is 79.9. The first kappa shape index (κ1) is 20.6. The molecule has 0 atom stereocenters. The highest BCUT2D eigenvalue weighted by Gasteiger charge is 2.30. The molecule has 0 amide bonds. The largest absolute Gasteiger partial charge is 0.573 e. The van der Waals surface area contributed by atoms with E-state index in [9.17, 15) is 13.2 Å². The first-order valence-electron chi connectivity index (χ1n) is 8.30. The molecular formula is C19H15BrF3N5O. The maximum absolute atomic E-state index is 12.3. The van der Waals surface area contributed by atoms with Crippen LogP contribution in [-0.2, 0) is 6.54 Å². The van der Waals surface area contributed by atoms with Gasteiger partial charge in [0.05, 0.1) is 5.56 Å². The van der Waals surface area contributed by atoms with Crippen molar-refractivity contribution < 1.29 is 17.9 Å². The van der Waals surface area contributed by atoms with Gasteiger partial charge < -0.3 is 20.8 Å². The van der Waals surface area contributed by atoms with E-state index in [4.69, 9.17) is 5.41 Å². The van der Waals surface area contributed by atoms with Crippen molar-refractivity contribution in [2.45, 2.75) is 12.9 Å². The number of nitrogens with one attached hydrogen (secondary N) is 3. The molecule has 6 nitrogen and oxygen atoms in total. The second kappa shape index (κ2) is 8.91. The Bertz CT molecular complexity index is 996. The van der Waals surface area contributed by atoms with Gasteiger partial charge in [-0.15, -0.1) is 13.2 Å². The van der Waals surface area contributed by atoms with Gasteiger partial charge in [-0.1, -0.05) is 28.1 Å². The van der Waals surface area contributed by atoms with E-state index in [0.29, 0.717) is 29.4 Å². The summed E-state index contributed by atoms with van der Waals surface area (Å²) in [4.78, 5) is 8.30. The normalized spacial score (nSPS) is 11.0. The third-order valence-corrected chi connectivity index (χ3v) is 4.22. The maximum Gasteiger partial charge on any atom is 0.573 e. The molecule has 3 N–H and O–H groups in total. The molecule has 0 bridgehead atoms. The number of benzene rings is 2. The fraction of sp³-hybridized carbons (Fsp3) is 0.105. The second-order valence-corrected chi connectivity index (χ2v) is 6.73. The lowest BCUT2D eigenvalue weighted by molar-refractivity contribution is -0.274. The Balaban J connectivity index is 1.74. The standard InChI is InChI=1S/C19H15BrF3N5O/c20-13-3-1-2-12(8-13)10-25-17-16(9-24)18(27-11-26-17)28-14-4-6-15(7-5-14)29-19(21,22)23/h1-9,11,24H,10H2,(H2,25,26,27,28). The zero-order chi connectivity index (χ0) is 20.9. The predicted molar refractivity (Wildman–Crippen MR) is 108 cm³/mol. The summed E-state index contributed by atoms with van der Waals surface area (Å²) in [5.41, 5.74) is 1.92. The molecule has 0 aliphatic heterocycles. The van der Waals surface area contributed by atoms with Crippen LogP contribution in [0.5, 0.6) is 5.75 Å². The summed E-state index contributed by atoms with van der Waals surface area (Å²) in [6, 6.07) is 13.0. The molecule has 0 fully saturated rings. The Kier molecular flexibility index (Phi) is 6.32. The Morgan fingerprint density at radius 2 is 1.79 bits per heavy atom. The van der Waals surface area contributed by atoms with Crippen LogP contribution in [0.25, 0.3) is 0 Å². The molecule has 0 saturated heterocycles. The van der Waals surface area contributed by atoms with Gasteiger partial charge in [0.1, 0.15) is 23.7 Å². The van der Waals surface area contributed by atoms with E-state index in [2.05, 4.69) is 41.3 Å². The number of alkyl halides is 3. The summed E-state index contributed by atoms with van der Waals surface area (Å²) >= 11 is 3.42. The highest BCUT2D eigenvalue weighted by molar-refractivity contribution is 9.10. The van der Waals surface area contributed by atoms with Crippen LogP contribution >= 0.6 is 15.9 Å². The Morgan fingerprint density at radius 1 is 1.07 bits per heavy atom. The van der Waals surface area contributed by atoms with Crippen molar-refractivity contribution in [3.63, 3.8) is 0 Å². The molecule has 1 aromatic heterocycles. The molecule has 0 aliphatic rings. The molecule has 3 aromatic rings. The van der Waals surface area contributed by atoms with E-state index in [-0.39, 0.29) is 5.75 Å². The van der Waals surface area contributed by atoms with Gasteiger partial charge in [-0.2, -0.15) is 0 Å². The summed E-state index contributed by atoms with van der Waals surface area (Å²) in [5.74, 6) is 0.472. The van der Waals surface area contributed by atoms with Crippen LogP contribution in [-0.4, -0.2) is 22.5 Å². The van der Waals surface area contributed by atoms with Gasteiger partial charge in [-0.25, -0.2) is 9.97 Å². The average molecular weight is 466 g/mol. The number of rotatable bonds is 7. The van der Waals surface area contributed by atoms with Crippen LogP contribution in [0.1, 0.15) is 11.1 Å². The minimum Gasteiger partial charge on any atom is -0.406 e. The van der Waals surface area contributed by atoms with Crippen molar-refractivity contribution in [2.75, 3.05) is 10.6 Å². The van der Waals surface area contributed by atoms with E-state index in [1.165, 1.54) is 30.6 Å². The molecule has 0 aliphatic carbocycles. The summed E-state index contributed by atoms with van der Waals surface area (Å²) in [5, 5.41) is 13.8. The lowest BCUT2D eigenvalue weighted by atomic mass is 10.2. The number of hydrogen-bond donors (Lipinski definition) is 3. The zero-order valence-electron chi connectivity index (χ0n) is 14.8. The summed E-state index contributed by atoms with van der Waals surface area (Å²) < 4.78 is 41.6. The lowest BCUT2D eigenvalue weighted by Crippen LogP contribution is -2.17. The monoisotopic (exact) mass is 465 g/mol. The van der Waals surface area contributed by atoms with Gasteiger partial charge >= 0.3 is 6.36 Å². The quantitative estimate of drug-likeness (QED) is 0.401. The van der Waals surface area contributed by atoms with Crippen LogP contribution in [0.4, 0.5) is 30.5 Å². The molecule has 0 unspecified atom stereocenters. The first-order valence-corrected chi connectivity index (χ1v) is 9.10. The van der Waals surface area contributed by atoms with Gasteiger partial charge in [0, 0.05) is 22.9 Å². The fourth-order valence-electron chi connectivity index (χ4n) is 2.48. The van der Waals surface area contributed by atoms with Crippen LogP contribution < -0.4 is 15.4 Å². The zero-order valence-corrected chi connectivity index (χ0v) is 16.4. The van der Waals surface area contributed by atoms with Gasteiger partial charge in [-0.3, -0.25) is 0 Å². The number of aromatic nitrogens is 2. The van der Waals surface area contributed by atoms with E-state index < -0.39 is 6.36 Å². The van der Waals surface area contributed by atoms with Crippen molar-refractivity contribution in [2.24, 2.45) is 0 Å². The fourth-order valence-corrected chi connectivity index (χ4v) is 2.93. The summed E-state index contributed by atoms with van der Waals surface area (Å²) in [7, 11) is 0. The Labute approximate surface area is 172 Å². The Hall–Kier alpha value is -3.14. The van der Waals surface area contributed by atoms with Gasteiger partial charge in [0.25, 0.3) is 0 Å². The van der Waals surface area contributed by atoms with Crippen LogP contribution in [0.2, 0.25) is 0 Å². The molecular weight excluding hydrogens is 451 g/mol. The molecule has 10 heteroatoms. The number of halogens is 4. The number of nitrogens with zero attached hydrogens (tertiary/aromatic N) is 2. The van der Waals surface area contributed by atoms with Crippen LogP contribution in [0.3, 0.4) is 0 Å². The van der Waals surface area contributed by atoms with Crippen molar-refractivity contribution in [3.8, 4) is 5.75 Å². The van der Waals surface area contributed by atoms with Crippen molar-refractivity contribution in [3.05, 3.63) is 70.5 Å². The first-order chi connectivity index (χ1) is 13.8. The molecule has 0 saturated carbocycles. The van der Waals surface area contributed by atoms with Crippen molar-refractivity contribution in [1.29, 1.82) is 5.41 Å².